The summed E-state index contributed by atoms with van der Waals surface area (Å²) in [6.45, 7) is 4.35. The molecule has 1 aromatic heterocycles. The number of hydrogen-bond acceptors (Lipinski definition) is 7. The van der Waals surface area contributed by atoms with Gasteiger partial charge in [-0.05, 0) is 61.2 Å². The van der Waals surface area contributed by atoms with Crippen molar-refractivity contribution >= 4 is 23.3 Å². The molecule has 2 bridgehead atoms. The zero-order valence-corrected chi connectivity index (χ0v) is 18.9. The van der Waals surface area contributed by atoms with Crippen LogP contribution in [0.15, 0.2) is 67.5 Å². The third-order valence-corrected chi connectivity index (χ3v) is 6.56. The van der Waals surface area contributed by atoms with Crippen LogP contribution in [-0.2, 0) is 4.79 Å². The minimum atomic E-state index is -0.382. The Balaban J connectivity index is 1.35. The van der Waals surface area contributed by atoms with Gasteiger partial charge in [0.25, 0.3) is 0 Å². The average molecular weight is 473 g/mol. The van der Waals surface area contributed by atoms with Crippen LogP contribution in [-0.4, -0.2) is 45.1 Å². The number of hydrogen-bond donors (Lipinski definition) is 3. The van der Waals surface area contributed by atoms with E-state index in [1.165, 1.54) is 24.5 Å². The number of amides is 1. The number of carbonyl (C=O) groups is 1. The molecule has 2 heterocycles. The highest BCUT2D eigenvalue weighted by molar-refractivity contribution is 6.16. The smallest absolute Gasteiger partial charge is 0.246 e. The van der Waals surface area contributed by atoms with Crippen LogP contribution in [0.1, 0.15) is 24.0 Å². The molecule has 1 saturated carbocycles. The van der Waals surface area contributed by atoms with Gasteiger partial charge < -0.3 is 20.7 Å². The maximum atomic E-state index is 13.4. The number of benzene rings is 2. The molecule has 35 heavy (non-hydrogen) atoms. The second-order valence-electron chi connectivity index (χ2n) is 8.79. The predicted octanol–water partition coefficient (Wildman–Crippen LogP) is 3.99. The number of aromatic nitrogens is 2. The molecule has 2 aromatic carbocycles. The number of anilines is 2. The number of nitrogens with zero attached hydrogens (tertiary/aromatic N) is 3. The van der Waals surface area contributed by atoms with Crippen LogP contribution in [0.3, 0.4) is 0 Å². The molecule has 2 aliphatic rings. The Bertz CT molecular complexity index is 1300. The van der Waals surface area contributed by atoms with Crippen LogP contribution in [0.5, 0.6) is 11.5 Å². The summed E-state index contributed by atoms with van der Waals surface area (Å²) in [4.78, 5) is 22.6. The van der Waals surface area contributed by atoms with Crippen LogP contribution < -0.4 is 15.8 Å². The fourth-order valence-corrected chi connectivity index (χ4v) is 4.98. The summed E-state index contributed by atoms with van der Waals surface area (Å²) < 4.78 is 19.1. The summed E-state index contributed by atoms with van der Waals surface area (Å²) in [6, 6.07) is 12.8. The highest BCUT2D eigenvalue weighted by Gasteiger charge is 2.46. The second-order valence-corrected chi connectivity index (χ2v) is 8.79. The number of nitrogens with one attached hydrogen (secondary N) is 2. The molecule has 4 N–H and O–H groups in total. The Morgan fingerprint density at radius 1 is 1.20 bits per heavy atom. The zero-order valence-electron chi connectivity index (χ0n) is 18.9. The molecule has 8 nitrogen and oxygen atoms in total. The molecule has 2 fully saturated rings. The molecule has 1 saturated heterocycles. The minimum Gasteiger partial charge on any atom is -0.457 e. The standard InChI is InChI=1S/C26H25FN6O2/c1-2-22(34)33-13-15-10-20(21(33)11-15)32-26-23(25(29)30-14-31-26)24(28)16-6-8-18(9-7-16)35-19-5-3-4-17(27)12-19/h2-9,12,14-15,20-21,28H,1,10-11,13H2,(H3,29,30,31,32). The molecular formula is C26H25FN6O2. The number of piperidine rings is 1. The Morgan fingerprint density at radius 3 is 2.71 bits per heavy atom. The number of fused-ring (bicyclic) bond motifs is 2. The van der Waals surface area contributed by atoms with E-state index in [0.29, 0.717) is 34.4 Å². The molecule has 1 amide bonds. The first-order valence-electron chi connectivity index (χ1n) is 11.4. The second kappa shape index (κ2) is 9.17. The van der Waals surface area contributed by atoms with Crippen LogP contribution >= 0.6 is 0 Å². The van der Waals surface area contributed by atoms with Crippen molar-refractivity contribution in [1.29, 1.82) is 5.41 Å². The molecular weight excluding hydrogens is 447 g/mol. The summed E-state index contributed by atoms with van der Waals surface area (Å²) >= 11 is 0. The lowest BCUT2D eigenvalue weighted by Gasteiger charge is -2.33. The summed E-state index contributed by atoms with van der Waals surface area (Å²) in [7, 11) is 0. The average Bonchev–Trinajstić information content (AvgIpc) is 3.45. The highest BCUT2D eigenvalue weighted by atomic mass is 19.1. The predicted molar refractivity (Wildman–Crippen MR) is 131 cm³/mol. The van der Waals surface area contributed by atoms with E-state index in [1.807, 2.05) is 4.90 Å². The van der Waals surface area contributed by atoms with Gasteiger partial charge in [-0.25, -0.2) is 14.4 Å². The van der Waals surface area contributed by atoms with Crippen molar-refractivity contribution in [3.8, 4) is 11.5 Å². The number of nitrogen functional groups attached to an aromatic ring is 1. The van der Waals surface area contributed by atoms with Crippen LogP contribution in [0.25, 0.3) is 0 Å². The quantitative estimate of drug-likeness (QED) is 0.354. The van der Waals surface area contributed by atoms with Crippen molar-refractivity contribution < 1.29 is 13.9 Å². The SMILES string of the molecule is C=CC(=O)N1CC2CC(Nc3ncnc(N)c3C(=N)c3ccc(Oc4cccc(F)c4)cc3)C1C2. The molecule has 1 aliphatic carbocycles. The molecule has 9 heteroatoms. The van der Waals surface area contributed by atoms with E-state index in [-0.39, 0.29) is 35.3 Å². The first kappa shape index (κ1) is 22.5. The van der Waals surface area contributed by atoms with Gasteiger partial charge in [0.2, 0.25) is 5.91 Å². The van der Waals surface area contributed by atoms with Crippen molar-refractivity contribution in [1.82, 2.24) is 14.9 Å². The first-order chi connectivity index (χ1) is 16.9. The maximum Gasteiger partial charge on any atom is 0.246 e. The number of ether oxygens (including phenoxy) is 1. The Labute approximate surface area is 202 Å². The normalized spacial score (nSPS) is 20.5. The molecule has 3 unspecified atom stereocenters. The largest absolute Gasteiger partial charge is 0.457 e. The summed E-state index contributed by atoms with van der Waals surface area (Å²) in [5, 5.41) is 12.2. The Morgan fingerprint density at radius 2 is 2.00 bits per heavy atom. The van der Waals surface area contributed by atoms with Gasteiger partial charge in [-0.15, -0.1) is 0 Å². The van der Waals surface area contributed by atoms with Crippen molar-refractivity contribution in [2.45, 2.75) is 24.9 Å². The van der Waals surface area contributed by atoms with Gasteiger partial charge in [0, 0.05) is 24.2 Å². The molecule has 5 rings (SSSR count). The van der Waals surface area contributed by atoms with Gasteiger partial charge in [0.1, 0.15) is 35.3 Å². The fraction of sp³-hybridized carbons (Fsp3) is 0.231. The summed E-state index contributed by atoms with van der Waals surface area (Å²) in [5.41, 5.74) is 7.33. The monoisotopic (exact) mass is 472 g/mol. The number of halogens is 1. The molecule has 0 radical (unpaired) electrons. The van der Waals surface area contributed by atoms with Crippen molar-refractivity contribution in [3.63, 3.8) is 0 Å². The van der Waals surface area contributed by atoms with Crippen molar-refractivity contribution in [3.05, 3.63) is 84.5 Å². The Hall–Kier alpha value is -4.27. The first-order valence-corrected chi connectivity index (χ1v) is 11.4. The van der Waals surface area contributed by atoms with Crippen LogP contribution in [0.2, 0.25) is 0 Å². The van der Waals surface area contributed by atoms with E-state index in [9.17, 15) is 9.18 Å². The van der Waals surface area contributed by atoms with Crippen LogP contribution in [0, 0.1) is 17.1 Å². The van der Waals surface area contributed by atoms with Gasteiger partial charge >= 0.3 is 0 Å². The number of rotatable bonds is 7. The molecule has 1 aliphatic heterocycles. The van der Waals surface area contributed by atoms with E-state index in [1.54, 1.807) is 36.4 Å². The number of likely N-dealkylation sites (tertiary alicyclic amines) is 1. The van der Waals surface area contributed by atoms with Gasteiger partial charge in [-0.1, -0.05) is 12.6 Å². The molecule has 178 valence electrons. The van der Waals surface area contributed by atoms with E-state index >= 15 is 0 Å². The molecule has 3 aromatic rings. The lowest BCUT2D eigenvalue weighted by atomic mass is 10.0. The number of nitrogens with two attached hydrogens (primary N) is 1. The molecule has 0 spiro atoms. The summed E-state index contributed by atoms with van der Waals surface area (Å²) in [6.07, 6.45) is 4.55. The lowest BCUT2D eigenvalue weighted by molar-refractivity contribution is -0.127. The van der Waals surface area contributed by atoms with Gasteiger partial charge in [0.05, 0.1) is 17.3 Å². The third-order valence-electron chi connectivity index (χ3n) is 6.56. The van der Waals surface area contributed by atoms with Gasteiger partial charge in [-0.3, -0.25) is 10.2 Å². The minimum absolute atomic E-state index is 0.000504. The number of carbonyl (C=O) groups excluding carboxylic acids is 1. The van der Waals surface area contributed by atoms with E-state index < -0.39 is 0 Å². The van der Waals surface area contributed by atoms with Crippen LogP contribution in [0.4, 0.5) is 16.0 Å². The zero-order chi connectivity index (χ0) is 24.5. The van der Waals surface area contributed by atoms with E-state index in [2.05, 4.69) is 21.9 Å². The van der Waals surface area contributed by atoms with Crippen molar-refractivity contribution in [2.75, 3.05) is 17.6 Å². The topological polar surface area (TPSA) is 117 Å². The lowest BCUT2D eigenvalue weighted by Crippen LogP contribution is -2.47. The van der Waals surface area contributed by atoms with Crippen molar-refractivity contribution in [2.24, 2.45) is 5.92 Å². The van der Waals surface area contributed by atoms with E-state index in [4.69, 9.17) is 15.9 Å². The van der Waals surface area contributed by atoms with E-state index in [0.717, 1.165) is 19.4 Å². The summed E-state index contributed by atoms with van der Waals surface area (Å²) in [5.74, 6) is 1.52. The Kier molecular flexibility index (Phi) is 5.90. The van der Waals surface area contributed by atoms with Gasteiger partial charge in [-0.2, -0.15) is 0 Å². The molecule has 3 atom stereocenters. The maximum absolute atomic E-state index is 13.4. The van der Waals surface area contributed by atoms with Gasteiger partial charge in [0.15, 0.2) is 0 Å². The highest BCUT2D eigenvalue weighted by Crippen LogP contribution is 2.39. The third kappa shape index (κ3) is 4.44. The fourth-order valence-electron chi connectivity index (χ4n) is 4.98.